The number of ether oxygens (including phenoxy) is 1. The van der Waals surface area contributed by atoms with E-state index >= 15 is 0 Å². The highest BCUT2D eigenvalue weighted by Gasteiger charge is 2.09. The van der Waals surface area contributed by atoms with Gasteiger partial charge in [-0.2, -0.15) is 0 Å². The van der Waals surface area contributed by atoms with Gasteiger partial charge in [-0.3, -0.25) is 4.79 Å². The maximum atomic E-state index is 11.0. The second-order valence-electron chi connectivity index (χ2n) is 4.84. The van der Waals surface area contributed by atoms with Crippen LogP contribution in [0.5, 0.6) is 0 Å². The van der Waals surface area contributed by atoms with Gasteiger partial charge in [0.15, 0.2) is 5.11 Å². The highest BCUT2D eigenvalue weighted by Crippen LogP contribution is 2.22. The minimum Gasteiger partial charge on any atom is -0.469 e. The van der Waals surface area contributed by atoms with Crippen LogP contribution in [0.15, 0.2) is 24.3 Å². The number of carbonyl (C=O) groups is 1. The van der Waals surface area contributed by atoms with Gasteiger partial charge in [0.25, 0.3) is 0 Å². The number of aromatic nitrogens is 1. The summed E-state index contributed by atoms with van der Waals surface area (Å²) in [5, 5.41) is 4.83. The number of carbonyl (C=O) groups excluding carboxylic acids is 1. The van der Waals surface area contributed by atoms with E-state index in [1.54, 1.807) is 11.3 Å². The van der Waals surface area contributed by atoms with Crippen LogP contribution in [0.3, 0.4) is 0 Å². The molecule has 0 radical (unpaired) electrons. The zero-order chi connectivity index (χ0) is 15.9. The lowest BCUT2D eigenvalue weighted by Crippen LogP contribution is -2.37. The van der Waals surface area contributed by atoms with E-state index in [2.05, 4.69) is 21.1 Å². The van der Waals surface area contributed by atoms with E-state index in [0.29, 0.717) is 31.0 Å². The van der Waals surface area contributed by atoms with Gasteiger partial charge in [-0.1, -0.05) is 12.1 Å². The number of nitrogens with zero attached hydrogens (tertiary/aromatic N) is 2. The Labute approximate surface area is 139 Å². The van der Waals surface area contributed by atoms with Crippen LogP contribution in [0.1, 0.15) is 17.8 Å². The maximum absolute atomic E-state index is 11.0. The Morgan fingerprint density at radius 2 is 2.23 bits per heavy atom. The van der Waals surface area contributed by atoms with Crippen LogP contribution >= 0.6 is 23.6 Å². The molecule has 0 spiro atoms. The van der Waals surface area contributed by atoms with Crippen molar-refractivity contribution in [2.45, 2.75) is 19.4 Å². The lowest BCUT2D eigenvalue weighted by molar-refractivity contribution is -0.140. The van der Waals surface area contributed by atoms with Gasteiger partial charge in [-0.05, 0) is 30.8 Å². The molecule has 7 heteroatoms. The second kappa shape index (κ2) is 8.05. The van der Waals surface area contributed by atoms with E-state index in [1.807, 2.05) is 30.1 Å². The molecular weight excluding hydrogens is 318 g/mol. The third-order valence-electron chi connectivity index (χ3n) is 3.12. The molecule has 0 aliphatic heterocycles. The number of methoxy groups -OCH3 is 1. The molecule has 0 saturated heterocycles. The van der Waals surface area contributed by atoms with Crippen LogP contribution in [0.25, 0.3) is 10.2 Å². The summed E-state index contributed by atoms with van der Waals surface area (Å²) in [5.41, 5.74) is 1.02. The number of thiocarbonyl (C=S) groups is 1. The molecule has 1 aromatic carbocycles. The SMILES string of the molecule is COC(=O)CCCNC(=S)N(C)Cc1nc2ccccc2s1. The summed E-state index contributed by atoms with van der Waals surface area (Å²) in [6.45, 7) is 1.32. The summed E-state index contributed by atoms with van der Waals surface area (Å²) in [6.07, 6.45) is 1.09. The summed E-state index contributed by atoms with van der Waals surface area (Å²) < 4.78 is 5.78. The van der Waals surface area contributed by atoms with Crippen molar-refractivity contribution in [1.82, 2.24) is 15.2 Å². The average molecular weight is 337 g/mol. The molecule has 0 aliphatic rings. The molecular formula is C15H19N3O2S2. The smallest absolute Gasteiger partial charge is 0.305 e. The Hall–Kier alpha value is -1.73. The van der Waals surface area contributed by atoms with Crippen molar-refractivity contribution in [2.24, 2.45) is 0 Å². The summed E-state index contributed by atoms with van der Waals surface area (Å²) in [6, 6.07) is 8.09. The molecule has 118 valence electrons. The van der Waals surface area contributed by atoms with Crippen molar-refractivity contribution in [3.8, 4) is 0 Å². The topological polar surface area (TPSA) is 54.5 Å². The molecule has 0 atom stereocenters. The van der Waals surface area contributed by atoms with Gasteiger partial charge in [0.05, 0.1) is 23.9 Å². The first-order valence-electron chi connectivity index (χ1n) is 7.00. The molecule has 1 aromatic heterocycles. The van der Waals surface area contributed by atoms with Crippen LogP contribution < -0.4 is 5.32 Å². The molecule has 0 fully saturated rings. The Bertz CT molecular complexity index is 624. The van der Waals surface area contributed by atoms with Crippen LogP contribution in [-0.2, 0) is 16.1 Å². The first-order chi connectivity index (χ1) is 10.6. The second-order valence-corrected chi connectivity index (χ2v) is 6.34. The minimum atomic E-state index is -0.199. The van der Waals surface area contributed by atoms with Crippen LogP contribution in [0, 0.1) is 0 Å². The van der Waals surface area contributed by atoms with E-state index < -0.39 is 0 Å². The molecule has 0 aliphatic carbocycles. The average Bonchev–Trinajstić information content (AvgIpc) is 2.93. The number of para-hydroxylation sites is 1. The molecule has 1 N–H and O–H groups in total. The van der Waals surface area contributed by atoms with Crippen molar-refractivity contribution < 1.29 is 9.53 Å². The number of esters is 1. The quantitative estimate of drug-likeness (QED) is 0.497. The van der Waals surface area contributed by atoms with Crippen LogP contribution in [0.4, 0.5) is 0 Å². The molecule has 1 heterocycles. The van der Waals surface area contributed by atoms with Crippen LogP contribution in [-0.4, -0.2) is 41.7 Å². The third-order valence-corrected chi connectivity index (χ3v) is 4.60. The number of nitrogens with one attached hydrogen (secondary N) is 1. The van der Waals surface area contributed by atoms with Gasteiger partial charge in [0.2, 0.25) is 0 Å². The Balaban J connectivity index is 1.79. The number of rotatable bonds is 6. The first-order valence-corrected chi connectivity index (χ1v) is 8.23. The Morgan fingerprint density at radius 3 is 2.95 bits per heavy atom. The number of benzene rings is 1. The van der Waals surface area contributed by atoms with E-state index in [0.717, 1.165) is 10.5 Å². The number of thiazole rings is 1. The van der Waals surface area contributed by atoms with E-state index in [-0.39, 0.29) is 5.97 Å². The lowest BCUT2D eigenvalue weighted by atomic mass is 10.3. The van der Waals surface area contributed by atoms with E-state index in [4.69, 9.17) is 12.2 Å². The molecule has 2 aromatic rings. The predicted octanol–water partition coefficient (Wildman–Crippen LogP) is 2.56. The van der Waals surface area contributed by atoms with Crippen molar-refractivity contribution in [3.63, 3.8) is 0 Å². The van der Waals surface area contributed by atoms with Crippen molar-refractivity contribution in [2.75, 3.05) is 20.7 Å². The molecule has 0 unspecified atom stereocenters. The fraction of sp³-hybridized carbons (Fsp3) is 0.400. The summed E-state index contributed by atoms with van der Waals surface area (Å²) in [5.74, 6) is -0.199. The minimum absolute atomic E-state index is 0.199. The van der Waals surface area contributed by atoms with Crippen molar-refractivity contribution in [3.05, 3.63) is 29.3 Å². The molecule has 22 heavy (non-hydrogen) atoms. The normalized spacial score (nSPS) is 10.5. The number of hydrogen-bond donors (Lipinski definition) is 1. The standard InChI is InChI=1S/C15H19N3O2S2/c1-18(15(21)16-9-5-8-14(19)20-2)10-13-17-11-6-3-4-7-12(11)22-13/h3-4,6-7H,5,8-10H2,1-2H3,(H,16,21). The van der Waals surface area contributed by atoms with Gasteiger partial charge in [0.1, 0.15) is 5.01 Å². The first kappa shape index (κ1) is 16.6. The lowest BCUT2D eigenvalue weighted by Gasteiger charge is -2.19. The fourth-order valence-electron chi connectivity index (χ4n) is 1.93. The highest BCUT2D eigenvalue weighted by atomic mass is 32.1. The van der Waals surface area contributed by atoms with E-state index in [9.17, 15) is 4.79 Å². The summed E-state index contributed by atoms with van der Waals surface area (Å²) in [7, 11) is 3.33. The monoisotopic (exact) mass is 337 g/mol. The molecule has 5 nitrogen and oxygen atoms in total. The molecule has 0 bridgehead atoms. The van der Waals surface area contributed by atoms with Gasteiger partial charge < -0.3 is 15.0 Å². The summed E-state index contributed by atoms with van der Waals surface area (Å²) in [4.78, 5) is 17.6. The molecule has 0 saturated carbocycles. The Morgan fingerprint density at radius 1 is 1.45 bits per heavy atom. The predicted molar refractivity (Wildman–Crippen MR) is 92.9 cm³/mol. The zero-order valence-electron chi connectivity index (χ0n) is 12.7. The van der Waals surface area contributed by atoms with Gasteiger partial charge in [0, 0.05) is 20.0 Å². The van der Waals surface area contributed by atoms with Crippen molar-refractivity contribution in [1.29, 1.82) is 0 Å². The highest BCUT2D eigenvalue weighted by molar-refractivity contribution is 7.80. The zero-order valence-corrected chi connectivity index (χ0v) is 14.3. The van der Waals surface area contributed by atoms with Crippen molar-refractivity contribution >= 4 is 44.9 Å². The van der Waals surface area contributed by atoms with Gasteiger partial charge in [-0.15, -0.1) is 11.3 Å². The van der Waals surface area contributed by atoms with Gasteiger partial charge in [-0.25, -0.2) is 4.98 Å². The fourth-order valence-corrected chi connectivity index (χ4v) is 3.11. The van der Waals surface area contributed by atoms with Gasteiger partial charge >= 0.3 is 5.97 Å². The molecule has 2 rings (SSSR count). The maximum Gasteiger partial charge on any atom is 0.305 e. The number of hydrogen-bond acceptors (Lipinski definition) is 5. The van der Waals surface area contributed by atoms with Crippen LogP contribution in [0.2, 0.25) is 0 Å². The van der Waals surface area contributed by atoms with E-state index in [1.165, 1.54) is 11.8 Å². The number of fused-ring (bicyclic) bond motifs is 1. The summed E-state index contributed by atoms with van der Waals surface area (Å²) >= 11 is 7.02. The largest absolute Gasteiger partial charge is 0.469 e. The Kier molecular flexibility index (Phi) is 6.09. The molecule has 0 amide bonds. The third kappa shape index (κ3) is 4.64.